The van der Waals surface area contributed by atoms with Crippen molar-refractivity contribution in [3.63, 3.8) is 0 Å². The van der Waals surface area contributed by atoms with Crippen molar-refractivity contribution in [1.82, 2.24) is 24.3 Å². The van der Waals surface area contributed by atoms with E-state index in [0.717, 1.165) is 11.3 Å². The lowest BCUT2D eigenvalue weighted by atomic mass is 9.83. The molecule has 3 aromatic carbocycles. The number of imidazole rings is 1. The van der Waals surface area contributed by atoms with Gasteiger partial charge in [-0.1, -0.05) is 65.1 Å². The third kappa shape index (κ3) is 4.60. The lowest BCUT2D eigenvalue weighted by Crippen LogP contribution is -2.31. The Hall–Kier alpha value is -3.68. The summed E-state index contributed by atoms with van der Waals surface area (Å²) in [7, 11) is 1.84. The van der Waals surface area contributed by atoms with Crippen LogP contribution in [0.1, 0.15) is 27.9 Å². The summed E-state index contributed by atoms with van der Waals surface area (Å²) in [6, 6.07) is 22.6. The van der Waals surface area contributed by atoms with E-state index < -0.39 is 5.60 Å². The Morgan fingerprint density at radius 2 is 1.67 bits per heavy atom. The Morgan fingerprint density at radius 3 is 2.33 bits per heavy atom. The normalized spacial score (nSPS) is 13.1. The molecule has 0 amide bonds. The largest absolute Gasteiger partial charge is 0.374 e. The number of aliphatic hydroxyl groups is 1. The molecule has 39 heavy (non-hydrogen) atoms. The molecule has 6 aromatic rings. The highest BCUT2D eigenvalue weighted by atomic mass is 35.5. The van der Waals surface area contributed by atoms with Gasteiger partial charge in [0.2, 0.25) is 0 Å². The van der Waals surface area contributed by atoms with E-state index in [2.05, 4.69) is 15.1 Å². The number of hydrogen-bond donors (Lipinski definition) is 1. The molecular formula is C30H22Cl3N5O. The lowest BCUT2D eigenvalue weighted by molar-refractivity contribution is 0.117. The quantitative estimate of drug-likeness (QED) is 0.218. The van der Waals surface area contributed by atoms with Crippen molar-refractivity contribution in [2.24, 2.45) is 7.05 Å². The maximum Gasteiger partial charge on any atom is 0.156 e. The minimum Gasteiger partial charge on any atom is -0.374 e. The van der Waals surface area contributed by atoms with Crippen molar-refractivity contribution in [2.45, 2.75) is 12.0 Å². The van der Waals surface area contributed by atoms with E-state index >= 15 is 0 Å². The fourth-order valence-electron chi connectivity index (χ4n) is 4.86. The van der Waals surface area contributed by atoms with Gasteiger partial charge in [0, 0.05) is 41.8 Å². The minimum absolute atomic E-state index is 0.344. The van der Waals surface area contributed by atoms with Crippen LogP contribution in [0.4, 0.5) is 0 Å². The number of fused-ring (bicyclic) bond motifs is 1. The maximum atomic E-state index is 12.3. The van der Waals surface area contributed by atoms with Crippen LogP contribution in [-0.2, 0) is 19.1 Å². The molecule has 1 atom stereocenters. The molecule has 0 fully saturated rings. The van der Waals surface area contributed by atoms with Gasteiger partial charge in [-0.3, -0.25) is 0 Å². The van der Waals surface area contributed by atoms with Crippen molar-refractivity contribution in [3.05, 3.63) is 141 Å². The topological polar surface area (TPSA) is 68.8 Å². The minimum atomic E-state index is -1.52. The molecule has 0 radical (unpaired) electrons. The first-order valence-corrected chi connectivity index (χ1v) is 13.3. The van der Waals surface area contributed by atoms with Gasteiger partial charge in [-0.25, -0.2) is 14.6 Å². The standard InChI is InChI=1S/C30H22Cl3N5O/c1-37-18-34-17-27(37)30(39,20-5-8-22(31)9-6-20)21-7-12-26-24(16-21)28(32)25(29(33)36-26)15-19-3-10-23(11-4-19)38-14-2-13-35-38/h2-14,16-18,39H,15H2,1H3. The summed E-state index contributed by atoms with van der Waals surface area (Å²) in [5.74, 6) is 0. The number of nitrogens with zero attached hydrogens (tertiary/aromatic N) is 5. The molecule has 0 aliphatic rings. The fourth-order valence-corrected chi connectivity index (χ4v) is 5.60. The average Bonchev–Trinajstić information content (AvgIpc) is 3.64. The summed E-state index contributed by atoms with van der Waals surface area (Å²) in [4.78, 5) is 8.88. The molecule has 0 aliphatic carbocycles. The third-order valence-corrected chi connectivity index (χ3v) is 7.92. The summed E-state index contributed by atoms with van der Waals surface area (Å²) >= 11 is 19.8. The van der Waals surface area contributed by atoms with Crippen LogP contribution in [0.15, 0.2) is 97.7 Å². The SMILES string of the molecule is Cn1cncc1C(O)(c1ccc(Cl)cc1)c1ccc2nc(Cl)c(Cc3ccc(-n4cccn4)cc3)c(Cl)c2c1. The van der Waals surface area contributed by atoms with Crippen molar-refractivity contribution < 1.29 is 5.11 Å². The molecule has 0 spiro atoms. The molecule has 0 saturated heterocycles. The first kappa shape index (κ1) is 25.6. The molecule has 6 nitrogen and oxygen atoms in total. The smallest absolute Gasteiger partial charge is 0.156 e. The summed E-state index contributed by atoms with van der Waals surface area (Å²) in [5.41, 5.74) is 3.67. The number of aromatic nitrogens is 5. The average molecular weight is 575 g/mol. The second kappa shape index (κ2) is 10.1. The van der Waals surface area contributed by atoms with E-state index in [-0.39, 0.29) is 0 Å². The number of aryl methyl sites for hydroxylation is 1. The van der Waals surface area contributed by atoms with Crippen LogP contribution in [0.3, 0.4) is 0 Å². The number of halogens is 3. The lowest BCUT2D eigenvalue weighted by Gasteiger charge is -2.30. The predicted octanol–water partition coefficient (Wildman–Crippen LogP) is 6.99. The van der Waals surface area contributed by atoms with Crippen molar-refractivity contribution >= 4 is 45.7 Å². The Bertz CT molecular complexity index is 1780. The van der Waals surface area contributed by atoms with E-state index in [9.17, 15) is 5.11 Å². The molecule has 1 unspecified atom stereocenters. The summed E-state index contributed by atoms with van der Waals surface area (Å²) in [6.07, 6.45) is 7.43. The van der Waals surface area contributed by atoms with Crippen LogP contribution < -0.4 is 0 Å². The molecule has 3 aromatic heterocycles. The molecule has 6 rings (SSSR count). The zero-order valence-corrected chi connectivity index (χ0v) is 23.0. The molecule has 1 N–H and O–H groups in total. The van der Waals surface area contributed by atoms with E-state index in [1.165, 1.54) is 0 Å². The van der Waals surface area contributed by atoms with Crippen LogP contribution in [0.2, 0.25) is 15.2 Å². The van der Waals surface area contributed by atoms with E-state index in [0.29, 0.717) is 54.9 Å². The second-order valence-electron chi connectivity index (χ2n) is 9.33. The number of hydrogen-bond acceptors (Lipinski definition) is 4. The number of rotatable bonds is 6. The predicted molar refractivity (Wildman–Crippen MR) is 155 cm³/mol. The first-order valence-electron chi connectivity index (χ1n) is 12.2. The monoisotopic (exact) mass is 573 g/mol. The molecule has 0 bridgehead atoms. The van der Waals surface area contributed by atoms with Crippen LogP contribution in [-0.4, -0.2) is 29.4 Å². The molecule has 0 saturated carbocycles. The molecule has 194 valence electrons. The Labute approximate surface area is 240 Å². The summed E-state index contributed by atoms with van der Waals surface area (Å²) in [6.45, 7) is 0. The van der Waals surface area contributed by atoms with Gasteiger partial charge >= 0.3 is 0 Å². The van der Waals surface area contributed by atoms with E-state index in [1.807, 2.05) is 61.8 Å². The Balaban J connectivity index is 1.44. The highest BCUT2D eigenvalue weighted by Crippen LogP contribution is 2.40. The van der Waals surface area contributed by atoms with Crippen LogP contribution >= 0.6 is 34.8 Å². The second-order valence-corrected chi connectivity index (χ2v) is 10.5. The van der Waals surface area contributed by atoms with Gasteiger partial charge < -0.3 is 9.67 Å². The fraction of sp³-hybridized carbons (Fsp3) is 0.100. The van der Waals surface area contributed by atoms with Crippen LogP contribution in [0.25, 0.3) is 16.6 Å². The van der Waals surface area contributed by atoms with Crippen molar-refractivity contribution in [2.75, 3.05) is 0 Å². The number of benzene rings is 3. The van der Waals surface area contributed by atoms with Crippen LogP contribution in [0, 0.1) is 0 Å². The van der Waals surface area contributed by atoms with Gasteiger partial charge in [-0.2, -0.15) is 5.10 Å². The van der Waals surface area contributed by atoms with Crippen molar-refractivity contribution in [3.8, 4) is 5.69 Å². The van der Waals surface area contributed by atoms with Gasteiger partial charge in [-0.15, -0.1) is 0 Å². The van der Waals surface area contributed by atoms with Gasteiger partial charge in [0.25, 0.3) is 0 Å². The van der Waals surface area contributed by atoms with Gasteiger partial charge in [0.1, 0.15) is 5.15 Å². The first-order chi connectivity index (χ1) is 18.8. The zero-order chi connectivity index (χ0) is 27.1. The summed E-state index contributed by atoms with van der Waals surface area (Å²) < 4.78 is 3.59. The zero-order valence-electron chi connectivity index (χ0n) is 20.8. The highest BCUT2D eigenvalue weighted by molar-refractivity contribution is 6.39. The molecule has 9 heteroatoms. The Morgan fingerprint density at radius 1 is 0.923 bits per heavy atom. The van der Waals surface area contributed by atoms with Gasteiger partial charge in [0.05, 0.1) is 34.4 Å². The third-order valence-electron chi connectivity index (χ3n) is 6.92. The summed E-state index contributed by atoms with van der Waals surface area (Å²) in [5, 5.41) is 18.7. The van der Waals surface area contributed by atoms with Crippen LogP contribution in [0.5, 0.6) is 0 Å². The molecule has 0 aliphatic heterocycles. The van der Waals surface area contributed by atoms with Gasteiger partial charge in [-0.05, 0) is 59.2 Å². The van der Waals surface area contributed by atoms with E-state index in [1.54, 1.807) is 52.2 Å². The maximum absolute atomic E-state index is 12.3. The van der Waals surface area contributed by atoms with Gasteiger partial charge in [0.15, 0.2) is 5.60 Å². The highest BCUT2D eigenvalue weighted by Gasteiger charge is 2.37. The van der Waals surface area contributed by atoms with E-state index in [4.69, 9.17) is 34.8 Å². The van der Waals surface area contributed by atoms with Crippen molar-refractivity contribution in [1.29, 1.82) is 0 Å². The molecule has 3 heterocycles. The molecular weight excluding hydrogens is 553 g/mol. The Kier molecular flexibility index (Phi) is 6.65. The number of pyridine rings is 1.